The van der Waals surface area contributed by atoms with Crippen LogP contribution < -0.4 is 15.8 Å². The molecule has 0 unspecified atom stereocenters. The van der Waals surface area contributed by atoms with E-state index < -0.39 is 5.91 Å². The lowest BCUT2D eigenvalue weighted by Gasteiger charge is -2.04. The van der Waals surface area contributed by atoms with Gasteiger partial charge in [-0.15, -0.1) is 0 Å². The predicted octanol–water partition coefficient (Wildman–Crippen LogP) is 2.72. The number of nitrogens with one attached hydrogen (secondary N) is 1. The van der Waals surface area contributed by atoms with Crippen LogP contribution in [0, 0.1) is 19.0 Å². The Bertz CT molecular complexity index is 1060. The van der Waals surface area contributed by atoms with Gasteiger partial charge in [-0.05, 0) is 43.2 Å². The van der Waals surface area contributed by atoms with Crippen molar-refractivity contribution < 1.29 is 18.7 Å². The maximum Gasteiger partial charge on any atom is 0.291 e. The van der Waals surface area contributed by atoms with E-state index in [0.29, 0.717) is 17.0 Å². The summed E-state index contributed by atoms with van der Waals surface area (Å²) in [6.07, 6.45) is 6.75. The standard InChI is InChI=1S/C20H15N3O4/c1-13-5-7-27-18(13)20(25)23-16-4-2-3-14(9-16)6-8-26-17-10-15(19(21)24)11-22-12-17/h2-5,7,9-12H,1H3,(H2,21,24)(H,23,25). The minimum atomic E-state index is -0.601. The number of rotatable bonds is 4. The van der Waals surface area contributed by atoms with Crippen LogP contribution in [0.15, 0.2) is 59.5 Å². The third-order valence-electron chi connectivity index (χ3n) is 3.55. The molecule has 3 rings (SSSR count). The number of hydrogen-bond donors (Lipinski definition) is 2. The van der Waals surface area contributed by atoms with Crippen LogP contribution in [0.5, 0.6) is 5.75 Å². The third kappa shape index (κ3) is 4.52. The van der Waals surface area contributed by atoms with Crippen molar-refractivity contribution in [2.75, 3.05) is 5.32 Å². The zero-order valence-corrected chi connectivity index (χ0v) is 14.4. The highest BCUT2D eigenvalue weighted by atomic mass is 16.5. The first kappa shape index (κ1) is 17.8. The highest BCUT2D eigenvalue weighted by Crippen LogP contribution is 2.15. The fourth-order valence-corrected chi connectivity index (χ4v) is 2.22. The number of carbonyl (C=O) groups excluding carboxylic acids is 2. The molecule has 0 aliphatic carbocycles. The normalized spacial score (nSPS) is 9.81. The molecule has 0 atom stereocenters. The maximum atomic E-state index is 12.2. The maximum absolute atomic E-state index is 12.2. The number of nitrogens with zero attached hydrogens (tertiary/aromatic N) is 1. The van der Waals surface area contributed by atoms with Gasteiger partial charge in [0, 0.05) is 23.0 Å². The van der Waals surface area contributed by atoms with Crippen LogP contribution in [0.3, 0.4) is 0 Å². The Balaban J connectivity index is 1.69. The zero-order chi connectivity index (χ0) is 19.2. The predicted molar refractivity (Wildman–Crippen MR) is 98.1 cm³/mol. The van der Waals surface area contributed by atoms with Crippen LogP contribution in [0.2, 0.25) is 0 Å². The number of aromatic nitrogens is 1. The second-order valence-corrected chi connectivity index (χ2v) is 5.57. The molecule has 7 nitrogen and oxygen atoms in total. The summed E-state index contributed by atoms with van der Waals surface area (Å²) in [5.74, 6) is 2.43. The Kier molecular flexibility index (Phi) is 5.19. The lowest BCUT2D eigenvalue weighted by molar-refractivity contribution is 0.0989. The number of anilines is 1. The Morgan fingerprint density at radius 2 is 2.07 bits per heavy atom. The summed E-state index contributed by atoms with van der Waals surface area (Å²) in [7, 11) is 0. The molecule has 0 aliphatic rings. The van der Waals surface area contributed by atoms with Gasteiger partial charge in [-0.2, -0.15) is 0 Å². The molecule has 0 aliphatic heterocycles. The Morgan fingerprint density at radius 1 is 1.22 bits per heavy atom. The summed E-state index contributed by atoms with van der Waals surface area (Å²) in [5.41, 5.74) is 7.37. The summed E-state index contributed by atoms with van der Waals surface area (Å²) in [6, 6.07) is 10.1. The van der Waals surface area contributed by atoms with Crippen molar-refractivity contribution in [2.24, 2.45) is 5.73 Å². The van der Waals surface area contributed by atoms with Gasteiger partial charge < -0.3 is 20.2 Å². The van der Waals surface area contributed by atoms with Crippen LogP contribution in [-0.2, 0) is 0 Å². The minimum Gasteiger partial charge on any atom is -0.459 e. The summed E-state index contributed by atoms with van der Waals surface area (Å²) in [5, 5.41) is 2.75. The smallest absolute Gasteiger partial charge is 0.291 e. The SMILES string of the molecule is Cc1ccoc1C(=O)Nc1cccc(C#COc2cncc(C(N)=O)c2)c1. The van der Waals surface area contributed by atoms with Gasteiger partial charge in [0.15, 0.2) is 11.5 Å². The van der Waals surface area contributed by atoms with Gasteiger partial charge in [-0.1, -0.05) is 6.07 Å². The lowest BCUT2D eigenvalue weighted by atomic mass is 10.2. The fourth-order valence-electron chi connectivity index (χ4n) is 2.22. The highest BCUT2D eigenvalue weighted by molar-refractivity contribution is 6.03. The molecule has 0 spiro atoms. The van der Waals surface area contributed by atoms with Crippen LogP contribution in [0.4, 0.5) is 5.69 Å². The van der Waals surface area contributed by atoms with Crippen LogP contribution in [0.25, 0.3) is 0 Å². The summed E-state index contributed by atoms with van der Waals surface area (Å²) < 4.78 is 10.4. The average molecular weight is 361 g/mol. The molecule has 1 aromatic carbocycles. The third-order valence-corrected chi connectivity index (χ3v) is 3.55. The number of ether oxygens (including phenoxy) is 1. The highest BCUT2D eigenvalue weighted by Gasteiger charge is 2.12. The number of primary amides is 1. The molecule has 7 heteroatoms. The molecule has 0 fully saturated rings. The largest absolute Gasteiger partial charge is 0.459 e. The Labute approximate surface area is 155 Å². The van der Waals surface area contributed by atoms with Crippen molar-refractivity contribution >= 4 is 17.5 Å². The molecule has 0 saturated carbocycles. The lowest BCUT2D eigenvalue weighted by Crippen LogP contribution is -2.12. The van der Waals surface area contributed by atoms with Gasteiger partial charge in [0.1, 0.15) is 6.11 Å². The van der Waals surface area contributed by atoms with Crippen molar-refractivity contribution in [3.05, 3.63) is 77.5 Å². The first-order valence-electron chi connectivity index (χ1n) is 7.91. The number of pyridine rings is 1. The molecule has 0 saturated heterocycles. The molecular formula is C20H15N3O4. The van der Waals surface area contributed by atoms with Gasteiger partial charge in [0.2, 0.25) is 5.91 Å². The van der Waals surface area contributed by atoms with Crippen molar-refractivity contribution in [3.63, 3.8) is 0 Å². The van der Waals surface area contributed by atoms with E-state index in [0.717, 1.165) is 5.56 Å². The van der Waals surface area contributed by atoms with E-state index in [1.165, 1.54) is 24.7 Å². The summed E-state index contributed by atoms with van der Waals surface area (Å²) >= 11 is 0. The first-order chi connectivity index (χ1) is 13.0. The molecule has 3 N–H and O–H groups in total. The zero-order valence-electron chi connectivity index (χ0n) is 14.4. The molecule has 2 amide bonds. The van der Waals surface area contributed by atoms with Gasteiger partial charge in [0.25, 0.3) is 5.91 Å². The second kappa shape index (κ2) is 7.89. The molecule has 2 heterocycles. The average Bonchev–Trinajstić information content (AvgIpc) is 3.08. The summed E-state index contributed by atoms with van der Waals surface area (Å²) in [4.78, 5) is 27.2. The van der Waals surface area contributed by atoms with E-state index in [2.05, 4.69) is 22.3 Å². The minimum absolute atomic E-state index is 0.229. The number of amides is 2. The van der Waals surface area contributed by atoms with Crippen LogP contribution in [0.1, 0.15) is 32.0 Å². The van der Waals surface area contributed by atoms with Crippen LogP contribution in [-0.4, -0.2) is 16.8 Å². The van der Waals surface area contributed by atoms with E-state index in [4.69, 9.17) is 14.9 Å². The second-order valence-electron chi connectivity index (χ2n) is 5.57. The molecule has 0 bridgehead atoms. The topological polar surface area (TPSA) is 107 Å². The van der Waals surface area contributed by atoms with Crippen molar-refractivity contribution in [1.82, 2.24) is 4.98 Å². The van der Waals surface area contributed by atoms with Gasteiger partial charge in [-0.3, -0.25) is 14.6 Å². The molecule has 3 aromatic rings. The quantitative estimate of drug-likeness (QED) is 0.695. The molecule has 2 aromatic heterocycles. The number of hydrogen-bond acceptors (Lipinski definition) is 5. The molecule has 0 radical (unpaired) electrons. The Hall–Kier alpha value is -4.05. The monoisotopic (exact) mass is 361 g/mol. The van der Waals surface area contributed by atoms with Crippen LogP contribution >= 0.6 is 0 Å². The van der Waals surface area contributed by atoms with E-state index in [1.54, 1.807) is 37.3 Å². The fraction of sp³-hybridized carbons (Fsp3) is 0.0500. The number of nitrogens with two attached hydrogens (primary N) is 1. The Morgan fingerprint density at radius 3 is 2.81 bits per heavy atom. The van der Waals surface area contributed by atoms with Gasteiger partial charge >= 0.3 is 0 Å². The number of aryl methyl sites for hydroxylation is 1. The molecule has 134 valence electrons. The van der Waals surface area contributed by atoms with Crippen molar-refractivity contribution in [1.29, 1.82) is 0 Å². The van der Waals surface area contributed by atoms with E-state index in [1.807, 2.05) is 0 Å². The first-order valence-corrected chi connectivity index (χ1v) is 7.91. The summed E-state index contributed by atoms with van der Waals surface area (Å²) in [6.45, 7) is 1.79. The number of carbonyl (C=O) groups is 2. The van der Waals surface area contributed by atoms with Crippen molar-refractivity contribution in [3.8, 4) is 17.8 Å². The van der Waals surface area contributed by atoms with Gasteiger partial charge in [-0.25, -0.2) is 0 Å². The van der Waals surface area contributed by atoms with Crippen molar-refractivity contribution in [2.45, 2.75) is 6.92 Å². The van der Waals surface area contributed by atoms with E-state index >= 15 is 0 Å². The van der Waals surface area contributed by atoms with Gasteiger partial charge in [0.05, 0.1) is 18.0 Å². The van der Waals surface area contributed by atoms with E-state index in [-0.39, 0.29) is 17.2 Å². The molecular weight excluding hydrogens is 346 g/mol. The number of furan rings is 1. The van der Waals surface area contributed by atoms with E-state index in [9.17, 15) is 9.59 Å². The molecule has 27 heavy (non-hydrogen) atoms. The number of benzene rings is 1.